The van der Waals surface area contributed by atoms with E-state index in [-0.39, 0.29) is 17.6 Å². The predicted octanol–water partition coefficient (Wildman–Crippen LogP) is 3.44. The molecule has 0 saturated carbocycles. The number of likely N-dealkylation sites (tertiary alicyclic amines) is 1. The number of nitrogens with one attached hydrogen (secondary N) is 1. The molecule has 1 aliphatic heterocycles. The number of hydrogen-bond donors (Lipinski definition) is 2. The van der Waals surface area contributed by atoms with Gasteiger partial charge in [0.25, 0.3) is 0 Å². The summed E-state index contributed by atoms with van der Waals surface area (Å²) >= 11 is 5.99. The quantitative estimate of drug-likeness (QED) is 0.878. The summed E-state index contributed by atoms with van der Waals surface area (Å²) in [5, 5.41) is 12.0. The molecule has 0 aromatic heterocycles. The normalized spacial score (nSPS) is 18.7. The fourth-order valence-corrected chi connectivity index (χ4v) is 2.51. The Morgan fingerprint density at radius 2 is 2.15 bits per heavy atom. The molecule has 2 N–H and O–H groups in total. The molecule has 1 atom stereocenters. The minimum atomic E-state index is -1.05. The van der Waals surface area contributed by atoms with Gasteiger partial charge in [-0.1, -0.05) is 11.6 Å². The number of anilines is 1. The van der Waals surface area contributed by atoms with Crippen LogP contribution in [0.3, 0.4) is 0 Å². The van der Waals surface area contributed by atoms with Crippen LogP contribution < -0.4 is 5.32 Å². The van der Waals surface area contributed by atoms with E-state index in [1.807, 2.05) is 6.92 Å². The molecule has 2 amide bonds. The van der Waals surface area contributed by atoms with Crippen LogP contribution in [0.4, 0.5) is 10.5 Å². The second kappa shape index (κ2) is 6.13. The van der Waals surface area contributed by atoms with E-state index in [2.05, 4.69) is 5.32 Å². The van der Waals surface area contributed by atoms with Gasteiger partial charge in [0.2, 0.25) is 0 Å². The molecule has 1 fully saturated rings. The van der Waals surface area contributed by atoms with Crippen molar-refractivity contribution < 1.29 is 14.7 Å². The van der Waals surface area contributed by atoms with E-state index >= 15 is 0 Å². The van der Waals surface area contributed by atoms with Crippen molar-refractivity contribution in [3.63, 3.8) is 0 Å². The van der Waals surface area contributed by atoms with Crippen molar-refractivity contribution in [2.45, 2.75) is 32.2 Å². The van der Waals surface area contributed by atoms with Gasteiger partial charge in [-0.25, -0.2) is 9.59 Å². The lowest BCUT2D eigenvalue weighted by molar-refractivity contribution is 0.0697. The van der Waals surface area contributed by atoms with Crippen molar-refractivity contribution in [1.29, 1.82) is 0 Å². The smallest absolute Gasteiger partial charge is 0.335 e. The Labute approximate surface area is 122 Å². The highest BCUT2D eigenvalue weighted by Gasteiger charge is 2.23. The molecule has 0 radical (unpaired) electrons. The van der Waals surface area contributed by atoms with E-state index in [9.17, 15) is 9.59 Å². The third-order valence-electron chi connectivity index (χ3n) is 3.52. The lowest BCUT2D eigenvalue weighted by Crippen LogP contribution is -2.44. The van der Waals surface area contributed by atoms with E-state index in [1.165, 1.54) is 18.2 Å². The monoisotopic (exact) mass is 296 g/mol. The molecule has 2 rings (SSSR count). The number of hydrogen-bond acceptors (Lipinski definition) is 2. The molecule has 1 aromatic rings. The van der Waals surface area contributed by atoms with E-state index in [4.69, 9.17) is 16.7 Å². The van der Waals surface area contributed by atoms with E-state index in [1.54, 1.807) is 4.90 Å². The number of amides is 2. The fraction of sp³-hybridized carbons (Fsp3) is 0.429. The molecule has 1 heterocycles. The summed E-state index contributed by atoms with van der Waals surface area (Å²) in [5.74, 6) is -1.05. The van der Waals surface area contributed by atoms with Crippen molar-refractivity contribution in [2.24, 2.45) is 0 Å². The number of halogens is 1. The van der Waals surface area contributed by atoms with Gasteiger partial charge in [-0.2, -0.15) is 0 Å². The highest BCUT2D eigenvalue weighted by atomic mass is 35.5. The van der Waals surface area contributed by atoms with Gasteiger partial charge < -0.3 is 15.3 Å². The Hall–Kier alpha value is -1.75. The van der Waals surface area contributed by atoms with Gasteiger partial charge in [-0.05, 0) is 44.4 Å². The number of carboxylic acids is 1. The average Bonchev–Trinajstić information content (AvgIpc) is 2.41. The van der Waals surface area contributed by atoms with Gasteiger partial charge in [0.1, 0.15) is 0 Å². The predicted molar refractivity (Wildman–Crippen MR) is 77.4 cm³/mol. The Morgan fingerprint density at radius 3 is 2.80 bits per heavy atom. The molecule has 0 bridgehead atoms. The molecular formula is C14H17ClN2O3. The van der Waals surface area contributed by atoms with Gasteiger partial charge in [0.05, 0.1) is 16.3 Å². The van der Waals surface area contributed by atoms with Gasteiger partial charge in [0, 0.05) is 12.6 Å². The minimum absolute atomic E-state index is 0.0939. The third-order valence-corrected chi connectivity index (χ3v) is 3.85. The van der Waals surface area contributed by atoms with Crippen molar-refractivity contribution in [3.05, 3.63) is 28.8 Å². The molecule has 108 valence electrons. The highest BCUT2D eigenvalue weighted by molar-refractivity contribution is 6.33. The van der Waals surface area contributed by atoms with E-state index in [0.29, 0.717) is 17.3 Å². The highest BCUT2D eigenvalue weighted by Crippen LogP contribution is 2.25. The van der Waals surface area contributed by atoms with Gasteiger partial charge in [0.15, 0.2) is 0 Å². The zero-order chi connectivity index (χ0) is 14.7. The summed E-state index contributed by atoms with van der Waals surface area (Å²) in [6, 6.07) is 4.20. The minimum Gasteiger partial charge on any atom is -0.478 e. The molecule has 1 aromatic carbocycles. The zero-order valence-corrected chi connectivity index (χ0v) is 12.0. The van der Waals surface area contributed by atoms with Crippen LogP contribution in [0.2, 0.25) is 5.02 Å². The van der Waals surface area contributed by atoms with Crippen LogP contribution in [0.5, 0.6) is 0 Å². The second-order valence-corrected chi connectivity index (χ2v) is 5.38. The second-order valence-electron chi connectivity index (χ2n) is 4.97. The van der Waals surface area contributed by atoms with Crippen LogP contribution >= 0.6 is 11.6 Å². The van der Waals surface area contributed by atoms with E-state index in [0.717, 1.165) is 19.3 Å². The standard InChI is InChI=1S/C14H17ClN2O3/c1-9-4-2-3-7-17(9)14(20)16-12-8-10(13(18)19)5-6-11(12)15/h5-6,8-9H,2-4,7H2,1H3,(H,16,20)(H,18,19). The maximum absolute atomic E-state index is 12.2. The maximum atomic E-state index is 12.2. The van der Waals surface area contributed by atoms with Crippen LogP contribution in [-0.4, -0.2) is 34.6 Å². The molecule has 20 heavy (non-hydrogen) atoms. The molecular weight excluding hydrogens is 280 g/mol. The first-order valence-electron chi connectivity index (χ1n) is 6.59. The molecule has 0 spiro atoms. The van der Waals surface area contributed by atoms with Crippen LogP contribution in [0.1, 0.15) is 36.5 Å². The van der Waals surface area contributed by atoms with Crippen molar-refractivity contribution in [1.82, 2.24) is 4.90 Å². The van der Waals surface area contributed by atoms with Crippen molar-refractivity contribution in [3.8, 4) is 0 Å². The summed E-state index contributed by atoms with van der Waals surface area (Å²) in [4.78, 5) is 24.9. The Morgan fingerprint density at radius 1 is 1.40 bits per heavy atom. The first-order valence-corrected chi connectivity index (χ1v) is 6.97. The summed E-state index contributed by atoms with van der Waals surface area (Å²) in [7, 11) is 0. The van der Waals surface area contributed by atoms with Gasteiger partial charge in [-0.3, -0.25) is 0 Å². The van der Waals surface area contributed by atoms with Gasteiger partial charge in [-0.15, -0.1) is 0 Å². The topological polar surface area (TPSA) is 69.6 Å². The Bertz CT molecular complexity index is 533. The fourth-order valence-electron chi connectivity index (χ4n) is 2.34. The summed E-state index contributed by atoms with van der Waals surface area (Å²) in [6.45, 7) is 2.72. The first-order chi connectivity index (χ1) is 9.49. The Kier molecular flexibility index (Phi) is 4.49. The average molecular weight is 297 g/mol. The SMILES string of the molecule is CC1CCCCN1C(=O)Nc1cc(C(=O)O)ccc1Cl. The number of nitrogens with zero attached hydrogens (tertiary/aromatic N) is 1. The lowest BCUT2D eigenvalue weighted by atomic mass is 10.0. The Balaban J connectivity index is 2.14. The number of urea groups is 1. The lowest BCUT2D eigenvalue weighted by Gasteiger charge is -2.33. The molecule has 1 saturated heterocycles. The summed E-state index contributed by atoms with van der Waals surface area (Å²) < 4.78 is 0. The first kappa shape index (κ1) is 14.7. The van der Waals surface area contributed by atoms with Crippen molar-refractivity contribution >= 4 is 29.3 Å². The van der Waals surface area contributed by atoms with Crippen LogP contribution in [0.25, 0.3) is 0 Å². The zero-order valence-electron chi connectivity index (χ0n) is 11.2. The number of carboxylic acid groups (broad SMARTS) is 1. The number of carbonyl (C=O) groups excluding carboxylic acids is 1. The number of rotatable bonds is 2. The number of aromatic carboxylic acids is 1. The summed E-state index contributed by atoms with van der Waals surface area (Å²) in [5.41, 5.74) is 0.422. The van der Waals surface area contributed by atoms with Gasteiger partial charge >= 0.3 is 12.0 Å². The summed E-state index contributed by atoms with van der Waals surface area (Å²) in [6.07, 6.45) is 3.09. The molecule has 6 heteroatoms. The molecule has 0 aliphatic carbocycles. The van der Waals surface area contributed by atoms with Crippen LogP contribution in [-0.2, 0) is 0 Å². The van der Waals surface area contributed by atoms with Crippen LogP contribution in [0, 0.1) is 0 Å². The number of benzene rings is 1. The largest absolute Gasteiger partial charge is 0.478 e. The van der Waals surface area contributed by atoms with E-state index < -0.39 is 5.97 Å². The maximum Gasteiger partial charge on any atom is 0.335 e. The number of piperidine rings is 1. The van der Waals surface area contributed by atoms with Crippen LogP contribution in [0.15, 0.2) is 18.2 Å². The number of carbonyl (C=O) groups is 2. The third kappa shape index (κ3) is 3.22. The molecule has 1 unspecified atom stereocenters. The molecule has 5 nitrogen and oxygen atoms in total. The molecule has 1 aliphatic rings. The van der Waals surface area contributed by atoms with Crippen molar-refractivity contribution in [2.75, 3.05) is 11.9 Å².